The zero-order valence-electron chi connectivity index (χ0n) is 6.39. The third-order valence-corrected chi connectivity index (χ3v) is 2.02. The van der Waals surface area contributed by atoms with Gasteiger partial charge in [-0.15, -0.1) is 0 Å². The second-order valence-corrected chi connectivity index (χ2v) is 3.02. The Morgan fingerprint density at radius 2 is 2.36 bits per heavy atom. The fourth-order valence-electron chi connectivity index (χ4n) is 1.53. The van der Waals surface area contributed by atoms with Gasteiger partial charge in [0, 0.05) is 6.04 Å². The number of nitrogens with one attached hydrogen (secondary N) is 1. The van der Waals surface area contributed by atoms with Crippen molar-refractivity contribution in [2.75, 3.05) is 5.32 Å². The maximum absolute atomic E-state index is 13.0. The van der Waals surface area contributed by atoms with E-state index in [4.69, 9.17) is 0 Å². The average Bonchev–Trinajstić information content (AvgIpc) is 2.31. The molecular weight excluding hydrogens is 141 g/mol. The molecule has 2 heteroatoms. The van der Waals surface area contributed by atoms with Gasteiger partial charge in [0.15, 0.2) is 0 Å². The van der Waals surface area contributed by atoms with Crippen molar-refractivity contribution < 1.29 is 4.39 Å². The number of anilines is 1. The van der Waals surface area contributed by atoms with E-state index in [0.717, 1.165) is 12.0 Å². The lowest BCUT2D eigenvalue weighted by Gasteiger charge is -2.02. The SMILES string of the molecule is C[C@@H]1Cc2cccc(F)c2N1. The van der Waals surface area contributed by atoms with Crippen LogP contribution in [0.1, 0.15) is 12.5 Å². The molecule has 1 nitrogen and oxygen atoms in total. The first-order valence-corrected chi connectivity index (χ1v) is 3.81. The second kappa shape index (κ2) is 2.22. The molecule has 0 amide bonds. The van der Waals surface area contributed by atoms with Crippen molar-refractivity contribution in [3.8, 4) is 0 Å². The zero-order valence-corrected chi connectivity index (χ0v) is 6.39. The van der Waals surface area contributed by atoms with Crippen LogP contribution in [0.25, 0.3) is 0 Å². The number of para-hydroxylation sites is 1. The summed E-state index contributed by atoms with van der Waals surface area (Å²) >= 11 is 0. The van der Waals surface area contributed by atoms with Gasteiger partial charge in [0.2, 0.25) is 0 Å². The van der Waals surface area contributed by atoms with Gasteiger partial charge in [0.1, 0.15) is 5.82 Å². The third-order valence-electron chi connectivity index (χ3n) is 2.02. The monoisotopic (exact) mass is 151 g/mol. The largest absolute Gasteiger partial charge is 0.380 e. The van der Waals surface area contributed by atoms with Crippen molar-refractivity contribution in [1.82, 2.24) is 0 Å². The molecule has 1 N–H and O–H groups in total. The summed E-state index contributed by atoms with van der Waals surface area (Å²) in [6, 6.07) is 5.59. The summed E-state index contributed by atoms with van der Waals surface area (Å²) in [6.45, 7) is 2.06. The molecule has 11 heavy (non-hydrogen) atoms. The smallest absolute Gasteiger partial charge is 0.146 e. The van der Waals surface area contributed by atoms with Crippen molar-refractivity contribution in [3.05, 3.63) is 29.6 Å². The number of hydrogen-bond donors (Lipinski definition) is 1. The lowest BCUT2D eigenvalue weighted by atomic mass is 10.1. The van der Waals surface area contributed by atoms with E-state index in [2.05, 4.69) is 12.2 Å². The molecule has 58 valence electrons. The molecule has 1 aromatic carbocycles. The molecule has 1 aliphatic rings. The van der Waals surface area contributed by atoms with Crippen LogP contribution in [0.15, 0.2) is 18.2 Å². The molecule has 1 aliphatic heterocycles. The first-order chi connectivity index (χ1) is 5.27. The van der Waals surface area contributed by atoms with Crippen LogP contribution in [0.5, 0.6) is 0 Å². The van der Waals surface area contributed by atoms with E-state index in [-0.39, 0.29) is 5.82 Å². The molecule has 0 spiro atoms. The molecule has 1 aromatic rings. The summed E-state index contributed by atoms with van der Waals surface area (Å²) in [4.78, 5) is 0. The fourth-order valence-corrected chi connectivity index (χ4v) is 1.53. The van der Waals surface area contributed by atoms with Gasteiger partial charge in [-0.05, 0) is 25.0 Å². The predicted molar refractivity (Wildman–Crippen MR) is 43.2 cm³/mol. The summed E-state index contributed by atoms with van der Waals surface area (Å²) < 4.78 is 13.0. The van der Waals surface area contributed by atoms with E-state index in [1.165, 1.54) is 6.07 Å². The van der Waals surface area contributed by atoms with Gasteiger partial charge in [0.25, 0.3) is 0 Å². The fraction of sp³-hybridized carbons (Fsp3) is 0.333. The third kappa shape index (κ3) is 0.985. The Morgan fingerprint density at radius 1 is 1.55 bits per heavy atom. The van der Waals surface area contributed by atoms with Crippen molar-refractivity contribution in [2.45, 2.75) is 19.4 Å². The minimum Gasteiger partial charge on any atom is -0.380 e. The first kappa shape index (κ1) is 6.65. The highest BCUT2D eigenvalue weighted by Gasteiger charge is 2.18. The number of fused-ring (bicyclic) bond motifs is 1. The molecule has 1 heterocycles. The van der Waals surface area contributed by atoms with E-state index in [1.54, 1.807) is 6.07 Å². The Bertz CT molecular complexity index is 283. The molecular formula is C9H10FN. The summed E-state index contributed by atoms with van der Waals surface area (Å²) in [5, 5.41) is 3.09. The summed E-state index contributed by atoms with van der Waals surface area (Å²) in [5.41, 5.74) is 1.79. The van der Waals surface area contributed by atoms with Crippen LogP contribution in [-0.4, -0.2) is 6.04 Å². The average molecular weight is 151 g/mol. The summed E-state index contributed by atoms with van der Waals surface area (Å²) in [7, 11) is 0. The van der Waals surface area contributed by atoms with Crippen LogP contribution in [0, 0.1) is 5.82 Å². The number of hydrogen-bond acceptors (Lipinski definition) is 1. The van der Waals surface area contributed by atoms with E-state index in [9.17, 15) is 4.39 Å². The highest BCUT2D eigenvalue weighted by molar-refractivity contribution is 5.57. The second-order valence-electron chi connectivity index (χ2n) is 3.02. The predicted octanol–water partition coefficient (Wildman–Crippen LogP) is 2.18. The van der Waals surface area contributed by atoms with Gasteiger partial charge in [0.05, 0.1) is 5.69 Å². The number of halogens is 1. The van der Waals surface area contributed by atoms with Crippen molar-refractivity contribution in [3.63, 3.8) is 0 Å². The van der Waals surface area contributed by atoms with Crippen molar-refractivity contribution in [2.24, 2.45) is 0 Å². The van der Waals surface area contributed by atoms with E-state index < -0.39 is 0 Å². The number of rotatable bonds is 0. The first-order valence-electron chi connectivity index (χ1n) is 3.81. The maximum Gasteiger partial charge on any atom is 0.146 e. The minimum atomic E-state index is -0.133. The van der Waals surface area contributed by atoms with Crippen molar-refractivity contribution >= 4 is 5.69 Å². The van der Waals surface area contributed by atoms with E-state index in [0.29, 0.717) is 11.7 Å². The van der Waals surface area contributed by atoms with Gasteiger partial charge in [-0.3, -0.25) is 0 Å². The van der Waals surface area contributed by atoms with Crippen LogP contribution in [0.4, 0.5) is 10.1 Å². The Morgan fingerprint density at radius 3 is 3.09 bits per heavy atom. The zero-order chi connectivity index (χ0) is 7.84. The molecule has 0 unspecified atom stereocenters. The highest BCUT2D eigenvalue weighted by atomic mass is 19.1. The van der Waals surface area contributed by atoms with Gasteiger partial charge in [-0.1, -0.05) is 12.1 Å². The van der Waals surface area contributed by atoms with Gasteiger partial charge >= 0.3 is 0 Å². The van der Waals surface area contributed by atoms with Crippen LogP contribution in [-0.2, 0) is 6.42 Å². The number of benzene rings is 1. The lowest BCUT2D eigenvalue weighted by Crippen LogP contribution is -2.08. The van der Waals surface area contributed by atoms with E-state index in [1.807, 2.05) is 6.07 Å². The Balaban J connectivity index is 2.49. The molecule has 0 saturated heterocycles. The van der Waals surface area contributed by atoms with Crippen LogP contribution < -0.4 is 5.32 Å². The Hall–Kier alpha value is -1.05. The lowest BCUT2D eigenvalue weighted by molar-refractivity contribution is 0.631. The Labute approximate surface area is 65.2 Å². The molecule has 0 saturated carbocycles. The molecule has 0 bridgehead atoms. The normalized spacial score (nSPS) is 21.1. The molecule has 1 atom stereocenters. The Kier molecular flexibility index (Phi) is 1.34. The van der Waals surface area contributed by atoms with Gasteiger partial charge < -0.3 is 5.32 Å². The maximum atomic E-state index is 13.0. The van der Waals surface area contributed by atoms with Crippen LogP contribution in [0.3, 0.4) is 0 Å². The molecule has 2 rings (SSSR count). The summed E-state index contributed by atoms with van der Waals surface area (Å²) in [6.07, 6.45) is 0.938. The van der Waals surface area contributed by atoms with Gasteiger partial charge in [-0.2, -0.15) is 0 Å². The minimum absolute atomic E-state index is 0.133. The molecule has 0 aliphatic carbocycles. The van der Waals surface area contributed by atoms with E-state index >= 15 is 0 Å². The standard InChI is InChI=1S/C9H10FN/c1-6-5-7-3-2-4-8(10)9(7)11-6/h2-4,6,11H,5H2,1H3/t6-/m1/s1. The molecule has 0 aromatic heterocycles. The van der Waals surface area contributed by atoms with Crippen molar-refractivity contribution in [1.29, 1.82) is 0 Å². The van der Waals surface area contributed by atoms with Crippen LogP contribution >= 0.6 is 0 Å². The van der Waals surface area contributed by atoms with Gasteiger partial charge in [-0.25, -0.2) is 4.39 Å². The summed E-state index contributed by atoms with van der Waals surface area (Å²) in [5.74, 6) is -0.133. The topological polar surface area (TPSA) is 12.0 Å². The molecule has 0 radical (unpaired) electrons. The highest BCUT2D eigenvalue weighted by Crippen LogP contribution is 2.27. The quantitative estimate of drug-likeness (QED) is 0.599. The van der Waals surface area contributed by atoms with Crippen LogP contribution in [0.2, 0.25) is 0 Å². The molecule has 0 fully saturated rings.